The number of pyridine rings is 5. The van der Waals surface area contributed by atoms with E-state index in [9.17, 15) is 25.5 Å². The van der Waals surface area contributed by atoms with Gasteiger partial charge in [-0.05, 0) is 181 Å². The third kappa shape index (κ3) is 44.3. The molecule has 4 unspecified atom stereocenters. The first-order valence-corrected chi connectivity index (χ1v) is 42.2. The Morgan fingerprint density at radius 3 is 0.630 bits per heavy atom. The van der Waals surface area contributed by atoms with Gasteiger partial charge in [-0.25, -0.2) is 0 Å². The van der Waals surface area contributed by atoms with E-state index in [1.807, 2.05) is 258 Å². The number of anilines is 5. The average Bonchev–Trinajstić information content (AvgIpc) is 0.883. The zero-order valence-corrected chi connectivity index (χ0v) is 73.7. The van der Waals surface area contributed by atoms with E-state index in [-0.39, 0.29) is 86.7 Å². The van der Waals surface area contributed by atoms with Gasteiger partial charge in [0.25, 0.3) is 0 Å². The molecule has 0 bridgehead atoms. The van der Waals surface area contributed by atoms with Crippen LogP contribution in [0.1, 0.15) is 91.5 Å². The van der Waals surface area contributed by atoms with Crippen molar-refractivity contribution in [2.75, 3.05) is 197 Å². The number of aliphatic hydroxyl groups excluding tert-OH is 12. The number of aliphatic hydroxyl groups is 12. The third-order valence-electron chi connectivity index (χ3n) is 19.2. The summed E-state index contributed by atoms with van der Waals surface area (Å²) in [5.74, 6) is 0. The predicted molar refractivity (Wildman–Crippen MR) is 516 cm³/mol. The van der Waals surface area contributed by atoms with Gasteiger partial charge in [-0.1, -0.05) is 159 Å². The van der Waals surface area contributed by atoms with Crippen molar-refractivity contribution in [3.63, 3.8) is 0 Å². The molecule has 12 N–H and O–H groups in total. The van der Waals surface area contributed by atoms with E-state index < -0.39 is 24.4 Å². The smallest absolute Gasteiger partial charge is 0.100 e. The second kappa shape index (κ2) is 62.9. The Bertz CT molecular complexity index is 4630. The number of hydrogen-bond donors (Lipinski definition) is 12. The van der Waals surface area contributed by atoms with E-state index in [0.29, 0.717) is 78.8 Å². The molecule has 0 saturated carbocycles. The monoisotopic (exact) mass is 1740 g/mol. The van der Waals surface area contributed by atoms with Crippen LogP contribution in [0.3, 0.4) is 0 Å². The standard InChI is InChI=1S/C24H34N2O6.C21H28N2O4.C20H26N2O3.C18H22N2O2.C17H20N2O.CH4/c1-19-2-3-21(14-25-19)5-4-20-6-8-22(9-7-20)26(10-12-31-17-23(29)15-27)11-13-32-18-24(30)16-28;1-17-2-3-19(14-22-17)5-4-18-6-8-20(9-7-18)23(10-12-24)11-13-27-16-21(26)15-25;1-16-3-4-18(13-21-16)6-5-17-7-9-19(10-8-17)22(2)11-12-25-15-20(24)14-23;1-15-2-3-17(14-19-15)5-4-16-6-8-18(9-7-16)20(10-12-21)11-13-22;1-14-3-4-16(13-18-14)6-5-15-7-9-17(10-8-15)19(2)11-12-20;/h2-9,14,23-24,27-30H,10-13,15-18H2,1H3;2-9,14,21,24-26H,10-13,15-16H2,1H3;3-10,13,20,23-24H,11-12,14-15H2,1-2H3;2-9,14,21-22H,10-13H2,1H3;3-10,13,20H,11-12H2,1-2H3;1H4/b2*5-4+;6-5+;5-4+;6-5+;. The van der Waals surface area contributed by atoms with Crippen molar-refractivity contribution in [2.45, 2.75) is 66.5 Å². The van der Waals surface area contributed by atoms with E-state index in [1.54, 1.807) is 0 Å². The van der Waals surface area contributed by atoms with Crippen LogP contribution in [0.25, 0.3) is 60.8 Å². The Hall–Kier alpha value is -11.1. The molecule has 127 heavy (non-hydrogen) atoms. The topological polar surface area (TPSA) is 360 Å². The fourth-order valence-corrected chi connectivity index (χ4v) is 11.6. The number of benzene rings is 5. The van der Waals surface area contributed by atoms with Crippen LogP contribution >= 0.6 is 0 Å². The highest BCUT2D eigenvalue weighted by Gasteiger charge is 2.13. The number of ether oxygens (including phenoxy) is 4. The van der Waals surface area contributed by atoms with Gasteiger partial charge < -0.3 is 105 Å². The van der Waals surface area contributed by atoms with E-state index >= 15 is 0 Å². The van der Waals surface area contributed by atoms with Crippen molar-refractivity contribution in [2.24, 2.45) is 0 Å². The van der Waals surface area contributed by atoms with E-state index in [0.717, 1.165) is 113 Å². The molecule has 5 aromatic carbocycles. The molecule has 5 heterocycles. The maximum Gasteiger partial charge on any atom is 0.100 e. The zero-order valence-electron chi connectivity index (χ0n) is 73.7. The Kier molecular flexibility index (Phi) is 52.8. The maximum atomic E-state index is 9.40. The second-order valence-electron chi connectivity index (χ2n) is 29.6. The van der Waals surface area contributed by atoms with Crippen molar-refractivity contribution < 1.29 is 80.2 Å². The van der Waals surface area contributed by atoms with Crippen LogP contribution in [0.5, 0.6) is 0 Å². The molecule has 684 valence electrons. The molecule has 0 radical (unpaired) electrons. The molecule has 0 spiro atoms. The summed E-state index contributed by atoms with van der Waals surface area (Å²) in [4.78, 5) is 31.5. The summed E-state index contributed by atoms with van der Waals surface area (Å²) in [6.07, 6.45) is 26.2. The van der Waals surface area contributed by atoms with E-state index in [2.05, 4.69) is 114 Å². The summed E-state index contributed by atoms with van der Waals surface area (Å²) >= 11 is 0. The summed E-state index contributed by atoms with van der Waals surface area (Å²) in [5.41, 5.74) is 21.0. The van der Waals surface area contributed by atoms with Crippen LogP contribution in [0.2, 0.25) is 0 Å². The molecule has 26 nitrogen and oxygen atoms in total. The molecule has 10 rings (SSSR count). The highest BCUT2D eigenvalue weighted by atomic mass is 16.5. The Morgan fingerprint density at radius 1 is 0.244 bits per heavy atom. The summed E-state index contributed by atoms with van der Waals surface area (Å²) in [6.45, 7) is 15.6. The van der Waals surface area contributed by atoms with Crippen LogP contribution < -0.4 is 24.5 Å². The number of likely N-dealkylation sites (N-methyl/N-ethyl adjacent to an activating group) is 2. The van der Waals surface area contributed by atoms with Gasteiger partial charge in [-0.2, -0.15) is 0 Å². The van der Waals surface area contributed by atoms with Crippen LogP contribution in [-0.4, -0.2) is 283 Å². The zero-order chi connectivity index (χ0) is 90.9. The van der Waals surface area contributed by atoms with Gasteiger partial charge in [-0.3, -0.25) is 24.9 Å². The van der Waals surface area contributed by atoms with Gasteiger partial charge >= 0.3 is 0 Å². The van der Waals surface area contributed by atoms with Crippen molar-refractivity contribution >= 4 is 89.2 Å². The summed E-state index contributed by atoms with van der Waals surface area (Å²) in [7, 11) is 3.97. The lowest BCUT2D eigenvalue weighted by Crippen LogP contribution is -2.33. The first-order chi connectivity index (χ1) is 61.1. The summed E-state index contributed by atoms with van der Waals surface area (Å²) < 4.78 is 21.6. The van der Waals surface area contributed by atoms with Crippen molar-refractivity contribution in [3.05, 3.63) is 297 Å². The lowest BCUT2D eigenvalue weighted by Gasteiger charge is -2.25. The Morgan fingerprint density at radius 2 is 0.425 bits per heavy atom. The molecule has 0 fully saturated rings. The Balaban J connectivity index is 0.000000283. The van der Waals surface area contributed by atoms with E-state index in [4.69, 9.17) is 54.7 Å². The van der Waals surface area contributed by atoms with Crippen LogP contribution in [-0.2, 0) is 18.9 Å². The normalized spacial score (nSPS) is 12.1. The van der Waals surface area contributed by atoms with Gasteiger partial charge in [0.05, 0.1) is 106 Å². The Labute approximate surface area is 750 Å². The lowest BCUT2D eigenvalue weighted by molar-refractivity contribution is 0.00475. The number of hydrogen-bond acceptors (Lipinski definition) is 26. The highest BCUT2D eigenvalue weighted by Crippen LogP contribution is 2.23. The molecule has 26 heteroatoms. The highest BCUT2D eigenvalue weighted by molar-refractivity contribution is 5.74. The van der Waals surface area contributed by atoms with Crippen LogP contribution in [0.15, 0.2) is 213 Å². The van der Waals surface area contributed by atoms with Crippen LogP contribution in [0, 0.1) is 34.6 Å². The lowest BCUT2D eigenvalue weighted by atomic mass is 10.1. The molecule has 0 aliphatic heterocycles. The largest absolute Gasteiger partial charge is 0.395 e. The number of aryl methyl sites for hydroxylation is 5. The van der Waals surface area contributed by atoms with Crippen molar-refractivity contribution in [1.29, 1.82) is 0 Å². The SMILES string of the molecule is C.Cc1ccc(/C=C/c2ccc(N(C)CCO)cc2)cn1.Cc1ccc(/C=C/c2ccc(N(C)CCOCC(O)CO)cc2)cn1.Cc1ccc(/C=C/c2ccc(N(CCO)CCO)cc2)cn1.Cc1ccc(/C=C/c2ccc(N(CCO)CCOCC(O)CO)cc2)cn1.Cc1ccc(/C=C/c2ccc(N(CCOCC(O)CO)CCOCC(O)CO)cc2)cn1. The van der Waals surface area contributed by atoms with Gasteiger partial charge in [0.2, 0.25) is 0 Å². The molecule has 0 saturated heterocycles. The van der Waals surface area contributed by atoms with Gasteiger partial charge in [0, 0.05) is 154 Å². The number of aromatic nitrogens is 5. The first kappa shape index (κ1) is 106. The maximum absolute atomic E-state index is 9.40. The molecular formula is C101H134N10O16. The summed E-state index contributed by atoms with van der Waals surface area (Å²) in [5, 5.41) is 109. The van der Waals surface area contributed by atoms with Gasteiger partial charge in [-0.15, -0.1) is 0 Å². The second-order valence-corrected chi connectivity index (χ2v) is 29.6. The quantitative estimate of drug-likeness (QED) is 0.0158. The molecule has 0 amide bonds. The van der Waals surface area contributed by atoms with Crippen LogP contribution in [0.4, 0.5) is 28.4 Å². The van der Waals surface area contributed by atoms with Crippen molar-refractivity contribution in [3.8, 4) is 0 Å². The van der Waals surface area contributed by atoms with E-state index in [1.165, 1.54) is 0 Å². The minimum absolute atomic E-state index is 0. The average molecular weight is 1740 g/mol. The molecule has 4 atom stereocenters. The minimum atomic E-state index is -0.887. The number of nitrogens with zero attached hydrogens (tertiary/aromatic N) is 10. The molecule has 0 aliphatic carbocycles. The number of rotatable bonds is 47. The summed E-state index contributed by atoms with van der Waals surface area (Å²) in [6, 6.07) is 60.9. The third-order valence-corrected chi connectivity index (χ3v) is 19.2. The molecular weight excluding hydrogens is 1610 g/mol. The molecule has 10 aromatic rings. The predicted octanol–water partition coefficient (Wildman–Crippen LogP) is 11.2. The molecule has 0 aliphatic rings. The van der Waals surface area contributed by atoms with Crippen molar-refractivity contribution in [1.82, 2.24) is 24.9 Å². The minimum Gasteiger partial charge on any atom is -0.395 e. The van der Waals surface area contributed by atoms with Gasteiger partial charge in [0.15, 0.2) is 0 Å². The molecule has 5 aromatic heterocycles. The fraction of sp³-hybridized carbons (Fsp3) is 0.356. The van der Waals surface area contributed by atoms with Gasteiger partial charge in [0.1, 0.15) is 24.4 Å². The fourth-order valence-electron chi connectivity index (χ4n) is 11.6. The first-order valence-electron chi connectivity index (χ1n) is 42.2.